The summed E-state index contributed by atoms with van der Waals surface area (Å²) in [7, 11) is 0. The fraction of sp³-hybridized carbons (Fsp3) is 0.333. The molecule has 0 aliphatic carbocycles. The van der Waals surface area contributed by atoms with Gasteiger partial charge in [-0.05, 0) is 47.6 Å². The van der Waals surface area contributed by atoms with E-state index in [0.717, 1.165) is 11.1 Å². The summed E-state index contributed by atoms with van der Waals surface area (Å²) < 4.78 is 5.82. The molecule has 3 aromatic carbocycles. The number of benzene rings is 3. The number of nitrogens with zero attached hydrogens (tertiary/aromatic N) is 1. The SMILES string of the molecule is CC(C)CC(NC(=O)C(Cc1cccc(C(=O)C(N)Cc2ccc(OCc3ccccc3)cc2)c1C(=O)CN)N(C=O)C(=O)CN)C(=O)O. The highest BCUT2D eigenvalue weighted by Crippen LogP contribution is 2.23. The first-order valence-corrected chi connectivity index (χ1v) is 15.8. The first-order chi connectivity index (χ1) is 23.4. The fourth-order valence-corrected chi connectivity index (χ4v) is 5.31. The molecule has 3 amide bonds. The Morgan fingerprint density at radius 3 is 2.12 bits per heavy atom. The lowest BCUT2D eigenvalue weighted by atomic mass is 9.88. The molecule has 0 radical (unpaired) electrons. The number of carbonyl (C=O) groups excluding carboxylic acids is 5. The Labute approximate surface area is 284 Å². The molecule has 0 aliphatic rings. The van der Waals surface area contributed by atoms with Crippen molar-refractivity contribution < 1.29 is 38.6 Å². The van der Waals surface area contributed by atoms with Crippen LogP contribution in [0.4, 0.5) is 0 Å². The van der Waals surface area contributed by atoms with Gasteiger partial charge in [-0.15, -0.1) is 0 Å². The maximum Gasteiger partial charge on any atom is 0.326 e. The van der Waals surface area contributed by atoms with Gasteiger partial charge < -0.3 is 32.4 Å². The van der Waals surface area contributed by atoms with Gasteiger partial charge in [-0.1, -0.05) is 74.5 Å². The van der Waals surface area contributed by atoms with Crippen LogP contribution in [0.2, 0.25) is 0 Å². The van der Waals surface area contributed by atoms with Crippen molar-refractivity contribution in [2.45, 2.75) is 57.8 Å². The Hall–Kier alpha value is -5.24. The van der Waals surface area contributed by atoms with E-state index < -0.39 is 67.0 Å². The first kappa shape index (κ1) is 38.2. The summed E-state index contributed by atoms with van der Waals surface area (Å²) in [6.07, 6.45) is -0.126. The van der Waals surface area contributed by atoms with E-state index in [9.17, 15) is 33.9 Å². The van der Waals surface area contributed by atoms with Crippen LogP contribution >= 0.6 is 0 Å². The van der Waals surface area contributed by atoms with Crippen LogP contribution in [0.25, 0.3) is 0 Å². The van der Waals surface area contributed by atoms with E-state index in [2.05, 4.69) is 5.32 Å². The molecule has 0 spiro atoms. The number of hydrogen-bond donors (Lipinski definition) is 5. The minimum Gasteiger partial charge on any atom is -0.489 e. The third kappa shape index (κ3) is 10.6. The molecule has 0 bridgehead atoms. The lowest BCUT2D eigenvalue weighted by molar-refractivity contribution is -0.147. The van der Waals surface area contributed by atoms with Crippen molar-refractivity contribution in [3.05, 3.63) is 101 Å². The van der Waals surface area contributed by atoms with E-state index in [4.69, 9.17) is 21.9 Å². The number of rotatable bonds is 19. The Bertz CT molecular complexity index is 1630. The Balaban J connectivity index is 1.89. The van der Waals surface area contributed by atoms with Crippen LogP contribution in [-0.2, 0) is 38.6 Å². The van der Waals surface area contributed by atoms with Crippen LogP contribution < -0.4 is 27.3 Å². The van der Waals surface area contributed by atoms with Gasteiger partial charge in [0.2, 0.25) is 18.2 Å². The largest absolute Gasteiger partial charge is 0.489 e. The zero-order valence-corrected chi connectivity index (χ0v) is 27.5. The number of aliphatic carboxylic acids is 1. The zero-order valence-electron chi connectivity index (χ0n) is 27.5. The molecule has 3 atom stereocenters. The Morgan fingerprint density at radius 2 is 1.55 bits per heavy atom. The van der Waals surface area contributed by atoms with Crippen molar-refractivity contribution in [1.29, 1.82) is 0 Å². The summed E-state index contributed by atoms with van der Waals surface area (Å²) in [4.78, 5) is 77.6. The number of carbonyl (C=O) groups is 6. The molecule has 0 saturated heterocycles. The smallest absolute Gasteiger partial charge is 0.326 e. The predicted octanol–water partition coefficient (Wildman–Crippen LogP) is 1.63. The number of ketones is 2. The second kappa shape index (κ2) is 18.3. The quantitative estimate of drug-likeness (QED) is 0.0908. The molecule has 0 aromatic heterocycles. The van der Waals surface area contributed by atoms with E-state index in [-0.39, 0.29) is 41.9 Å². The fourth-order valence-electron chi connectivity index (χ4n) is 5.31. The number of hydrogen-bond acceptors (Lipinski definition) is 10. The normalized spacial score (nSPS) is 12.8. The predicted molar refractivity (Wildman–Crippen MR) is 182 cm³/mol. The molecule has 0 aliphatic heterocycles. The maximum absolute atomic E-state index is 13.7. The van der Waals surface area contributed by atoms with Gasteiger partial charge in [-0.3, -0.25) is 28.9 Å². The molecular weight excluding hydrogens is 630 g/mol. The van der Waals surface area contributed by atoms with Crippen LogP contribution in [-0.4, -0.2) is 77.0 Å². The lowest BCUT2D eigenvalue weighted by Crippen LogP contribution is -2.55. The van der Waals surface area contributed by atoms with E-state index in [1.807, 2.05) is 30.3 Å². The molecule has 3 aromatic rings. The summed E-state index contributed by atoms with van der Waals surface area (Å²) >= 11 is 0. The molecule has 3 unspecified atom stereocenters. The van der Waals surface area contributed by atoms with Gasteiger partial charge in [0.25, 0.3) is 0 Å². The van der Waals surface area contributed by atoms with Crippen molar-refractivity contribution in [3.63, 3.8) is 0 Å². The van der Waals surface area contributed by atoms with E-state index >= 15 is 0 Å². The lowest BCUT2D eigenvalue weighted by Gasteiger charge is -2.28. The molecule has 260 valence electrons. The van der Waals surface area contributed by atoms with Gasteiger partial charge in [0, 0.05) is 17.5 Å². The topological polar surface area (TPSA) is 225 Å². The summed E-state index contributed by atoms with van der Waals surface area (Å²) in [5.74, 6) is -3.88. The Morgan fingerprint density at radius 1 is 0.878 bits per heavy atom. The van der Waals surface area contributed by atoms with Crippen molar-refractivity contribution in [2.75, 3.05) is 13.1 Å². The molecule has 13 heteroatoms. The van der Waals surface area contributed by atoms with Crippen molar-refractivity contribution in [2.24, 2.45) is 23.1 Å². The number of carboxylic acid groups (broad SMARTS) is 1. The molecular formula is C36H43N5O8. The Kier molecular flexibility index (Phi) is 14.3. The second-order valence-corrected chi connectivity index (χ2v) is 11.9. The molecule has 0 fully saturated rings. The number of imide groups is 1. The van der Waals surface area contributed by atoms with Crippen molar-refractivity contribution in [1.82, 2.24) is 10.2 Å². The summed E-state index contributed by atoms with van der Waals surface area (Å²) in [5, 5.41) is 12.1. The first-order valence-electron chi connectivity index (χ1n) is 15.8. The van der Waals surface area contributed by atoms with E-state index in [1.165, 1.54) is 18.2 Å². The minimum atomic E-state index is -1.60. The summed E-state index contributed by atoms with van der Waals surface area (Å²) in [6.45, 7) is 2.80. The van der Waals surface area contributed by atoms with Crippen LogP contribution in [0.15, 0.2) is 72.8 Å². The second-order valence-electron chi connectivity index (χ2n) is 11.9. The number of Topliss-reactive ketones (excluding diaryl/α,β-unsaturated/α-hetero) is 2. The summed E-state index contributed by atoms with van der Waals surface area (Å²) in [5.41, 5.74) is 19.3. The molecule has 0 saturated carbocycles. The van der Waals surface area contributed by atoms with Crippen LogP contribution in [0.5, 0.6) is 5.75 Å². The highest BCUT2D eigenvalue weighted by atomic mass is 16.5. The minimum absolute atomic E-state index is 0.0477. The molecule has 13 nitrogen and oxygen atoms in total. The van der Waals surface area contributed by atoms with Crippen LogP contribution in [0.1, 0.15) is 57.7 Å². The number of carboxylic acids is 1. The number of amides is 3. The van der Waals surface area contributed by atoms with E-state index in [1.54, 1.807) is 38.1 Å². The maximum atomic E-state index is 13.7. The highest BCUT2D eigenvalue weighted by Gasteiger charge is 2.34. The molecule has 8 N–H and O–H groups in total. The van der Waals surface area contributed by atoms with Gasteiger partial charge in [0.05, 0.1) is 19.1 Å². The highest BCUT2D eigenvalue weighted by molar-refractivity contribution is 6.12. The van der Waals surface area contributed by atoms with Gasteiger partial charge in [0.1, 0.15) is 24.4 Å². The number of ether oxygens (including phenoxy) is 1. The van der Waals surface area contributed by atoms with Crippen molar-refractivity contribution in [3.8, 4) is 5.75 Å². The average Bonchev–Trinajstić information content (AvgIpc) is 3.10. The third-order valence-corrected chi connectivity index (χ3v) is 7.79. The molecule has 0 heterocycles. The van der Waals surface area contributed by atoms with Gasteiger partial charge in [0.15, 0.2) is 11.6 Å². The molecule has 49 heavy (non-hydrogen) atoms. The standard InChI is InChI=1S/C36H43N5O8/c1-22(2)15-29(36(47)48)40-35(46)30(41(21-42)32(44)19-38)17-25-9-6-10-27(33(25)31(43)18-37)34(45)28(39)16-23-11-13-26(14-12-23)49-20-24-7-4-3-5-8-24/h3-14,21-22,28-30H,15-20,37-39H2,1-2H3,(H,40,46)(H,47,48). The van der Waals surface area contributed by atoms with Crippen LogP contribution in [0, 0.1) is 5.92 Å². The monoisotopic (exact) mass is 673 g/mol. The van der Waals surface area contributed by atoms with Crippen LogP contribution in [0.3, 0.4) is 0 Å². The van der Waals surface area contributed by atoms with Gasteiger partial charge >= 0.3 is 5.97 Å². The number of nitrogens with one attached hydrogen (secondary N) is 1. The average molecular weight is 674 g/mol. The summed E-state index contributed by atoms with van der Waals surface area (Å²) in [6, 6.07) is 17.1. The zero-order chi connectivity index (χ0) is 36.1. The molecule has 3 rings (SSSR count). The third-order valence-electron chi connectivity index (χ3n) is 7.79. The van der Waals surface area contributed by atoms with Gasteiger partial charge in [-0.25, -0.2) is 4.79 Å². The number of nitrogens with two attached hydrogens (primary N) is 3. The van der Waals surface area contributed by atoms with Crippen molar-refractivity contribution >= 4 is 35.8 Å². The van der Waals surface area contributed by atoms with E-state index in [0.29, 0.717) is 17.3 Å². The van der Waals surface area contributed by atoms with Gasteiger partial charge in [-0.2, -0.15) is 0 Å².